The highest BCUT2D eigenvalue weighted by Gasteiger charge is 2.36. The molecule has 0 spiro atoms. The first-order chi connectivity index (χ1) is 12.0. The molecule has 0 saturated carbocycles. The molecule has 2 aromatic rings. The lowest BCUT2D eigenvalue weighted by molar-refractivity contribution is -0.385. The van der Waals surface area contributed by atoms with E-state index in [2.05, 4.69) is 4.98 Å². The summed E-state index contributed by atoms with van der Waals surface area (Å²) in [7, 11) is 0. The van der Waals surface area contributed by atoms with Gasteiger partial charge in [0.05, 0.1) is 18.0 Å². The smallest absolute Gasteiger partial charge is 0.282 e. The maximum absolute atomic E-state index is 12.5. The van der Waals surface area contributed by atoms with Gasteiger partial charge >= 0.3 is 0 Å². The number of nitro groups is 1. The van der Waals surface area contributed by atoms with Gasteiger partial charge in [-0.1, -0.05) is 11.6 Å². The van der Waals surface area contributed by atoms with Crippen LogP contribution in [0.5, 0.6) is 5.88 Å². The number of aromatic nitrogens is 1. The molecule has 9 heteroatoms. The van der Waals surface area contributed by atoms with Crippen LogP contribution in [0, 0.1) is 21.4 Å². The van der Waals surface area contributed by atoms with Crippen molar-refractivity contribution in [3.63, 3.8) is 0 Å². The van der Waals surface area contributed by atoms with Gasteiger partial charge < -0.3 is 9.64 Å². The second kappa shape index (κ2) is 6.75. The Morgan fingerprint density at radius 2 is 2.20 bits per heavy atom. The van der Waals surface area contributed by atoms with E-state index in [1.165, 1.54) is 29.3 Å². The van der Waals surface area contributed by atoms with Gasteiger partial charge in [0.15, 0.2) is 0 Å². The van der Waals surface area contributed by atoms with Gasteiger partial charge in [-0.2, -0.15) is 5.26 Å². The van der Waals surface area contributed by atoms with Crippen LogP contribution in [-0.4, -0.2) is 39.9 Å². The molecule has 0 radical (unpaired) electrons. The predicted octanol–water partition coefficient (Wildman–Crippen LogP) is 2.42. The fourth-order valence-corrected chi connectivity index (χ4v) is 2.59. The molecule has 0 bridgehead atoms. The van der Waals surface area contributed by atoms with E-state index in [1.807, 2.05) is 6.07 Å². The Morgan fingerprint density at radius 3 is 2.88 bits per heavy atom. The molecule has 126 valence electrons. The molecule has 1 aliphatic heterocycles. The van der Waals surface area contributed by atoms with Gasteiger partial charge in [-0.15, -0.1) is 0 Å². The van der Waals surface area contributed by atoms with E-state index in [9.17, 15) is 14.9 Å². The normalized spacial score (nSPS) is 13.7. The van der Waals surface area contributed by atoms with Crippen LogP contribution in [-0.2, 0) is 0 Å². The van der Waals surface area contributed by atoms with Crippen molar-refractivity contribution in [3.8, 4) is 11.9 Å². The van der Waals surface area contributed by atoms with Gasteiger partial charge in [-0.25, -0.2) is 4.98 Å². The number of ether oxygens (including phenoxy) is 1. The molecule has 1 aliphatic rings. The number of hydrogen-bond donors (Lipinski definition) is 0. The summed E-state index contributed by atoms with van der Waals surface area (Å²) in [6.45, 7) is 0.480. The van der Waals surface area contributed by atoms with Gasteiger partial charge in [0, 0.05) is 17.3 Å². The molecule has 1 fully saturated rings. The minimum Gasteiger partial charge on any atom is -0.470 e. The number of amides is 1. The Kier molecular flexibility index (Phi) is 4.50. The van der Waals surface area contributed by atoms with Crippen LogP contribution in [0.2, 0.25) is 5.02 Å². The maximum atomic E-state index is 12.5. The van der Waals surface area contributed by atoms with E-state index >= 15 is 0 Å². The molecule has 0 aliphatic carbocycles. The number of halogens is 1. The third-order valence-corrected chi connectivity index (χ3v) is 3.93. The van der Waals surface area contributed by atoms with Gasteiger partial charge in [-0.05, 0) is 24.3 Å². The predicted molar refractivity (Wildman–Crippen MR) is 87.4 cm³/mol. The van der Waals surface area contributed by atoms with Crippen molar-refractivity contribution in [2.45, 2.75) is 6.10 Å². The van der Waals surface area contributed by atoms with Gasteiger partial charge in [0.2, 0.25) is 5.88 Å². The van der Waals surface area contributed by atoms with Crippen molar-refractivity contribution < 1.29 is 14.5 Å². The van der Waals surface area contributed by atoms with Crippen molar-refractivity contribution in [1.82, 2.24) is 9.88 Å². The molecule has 0 N–H and O–H groups in total. The first-order valence-electron chi connectivity index (χ1n) is 7.24. The highest BCUT2D eigenvalue weighted by atomic mass is 35.5. The number of rotatable bonds is 4. The quantitative estimate of drug-likeness (QED) is 0.613. The highest BCUT2D eigenvalue weighted by Crippen LogP contribution is 2.27. The average molecular weight is 359 g/mol. The summed E-state index contributed by atoms with van der Waals surface area (Å²) in [5, 5.41) is 20.3. The number of carbonyl (C=O) groups excluding carboxylic acids is 1. The first kappa shape index (κ1) is 16.7. The van der Waals surface area contributed by atoms with Crippen molar-refractivity contribution in [2.75, 3.05) is 13.1 Å². The second-order valence-corrected chi connectivity index (χ2v) is 5.77. The molecule has 0 atom stereocenters. The molecule has 0 unspecified atom stereocenters. The third kappa shape index (κ3) is 3.36. The maximum Gasteiger partial charge on any atom is 0.282 e. The van der Waals surface area contributed by atoms with Crippen LogP contribution >= 0.6 is 11.6 Å². The molecule has 1 saturated heterocycles. The van der Waals surface area contributed by atoms with E-state index in [-0.39, 0.29) is 41.3 Å². The van der Waals surface area contributed by atoms with Crippen LogP contribution in [0.25, 0.3) is 0 Å². The average Bonchev–Trinajstić information content (AvgIpc) is 2.57. The minimum atomic E-state index is -0.621. The summed E-state index contributed by atoms with van der Waals surface area (Å²) >= 11 is 5.84. The topological polar surface area (TPSA) is 109 Å². The first-order valence-corrected chi connectivity index (χ1v) is 7.62. The number of carbonyl (C=O) groups is 1. The van der Waals surface area contributed by atoms with Crippen LogP contribution in [0.3, 0.4) is 0 Å². The Hall–Kier alpha value is -3.18. The lowest BCUT2D eigenvalue weighted by Crippen LogP contribution is -2.56. The molecule has 1 amide bonds. The summed E-state index contributed by atoms with van der Waals surface area (Å²) in [6.07, 6.45) is 1.18. The van der Waals surface area contributed by atoms with E-state index < -0.39 is 10.8 Å². The lowest BCUT2D eigenvalue weighted by atomic mass is 10.1. The fourth-order valence-electron chi connectivity index (χ4n) is 2.42. The Balaban J connectivity index is 1.69. The summed E-state index contributed by atoms with van der Waals surface area (Å²) in [4.78, 5) is 28.3. The number of benzene rings is 1. The Labute approximate surface area is 147 Å². The number of hydrogen-bond acceptors (Lipinski definition) is 6. The summed E-state index contributed by atoms with van der Waals surface area (Å²) in [5.74, 6) is -0.286. The Bertz CT molecular complexity index is 890. The largest absolute Gasteiger partial charge is 0.470 e. The fraction of sp³-hybridized carbons (Fsp3) is 0.188. The Morgan fingerprint density at radius 1 is 1.44 bits per heavy atom. The zero-order valence-corrected chi connectivity index (χ0v) is 13.5. The van der Waals surface area contributed by atoms with E-state index in [1.54, 1.807) is 12.1 Å². The number of likely N-dealkylation sites (tertiary alicyclic amines) is 1. The molecule has 1 aromatic carbocycles. The van der Waals surface area contributed by atoms with Crippen LogP contribution in [0.15, 0.2) is 36.5 Å². The van der Waals surface area contributed by atoms with Crippen LogP contribution in [0.4, 0.5) is 5.69 Å². The molecule has 2 heterocycles. The molecule has 25 heavy (non-hydrogen) atoms. The number of nitro benzene ring substituents is 1. The van der Waals surface area contributed by atoms with Gasteiger partial charge in [0.1, 0.15) is 23.3 Å². The summed E-state index contributed by atoms with van der Waals surface area (Å²) in [6, 6.07) is 9.03. The zero-order valence-electron chi connectivity index (χ0n) is 12.8. The lowest BCUT2D eigenvalue weighted by Gasteiger charge is -2.38. The summed E-state index contributed by atoms with van der Waals surface area (Å²) < 4.78 is 5.60. The monoisotopic (exact) mass is 358 g/mol. The molecule has 3 rings (SSSR count). The molecule has 1 aromatic heterocycles. The summed E-state index contributed by atoms with van der Waals surface area (Å²) in [5.41, 5.74) is -0.0560. The van der Waals surface area contributed by atoms with E-state index in [0.29, 0.717) is 5.56 Å². The SMILES string of the molecule is N#Cc1cccnc1OC1CN(C(=O)c2cc(Cl)ccc2[N+](=O)[O-])C1. The number of pyridine rings is 1. The number of nitrogens with zero attached hydrogens (tertiary/aromatic N) is 4. The van der Waals surface area contributed by atoms with Crippen molar-refractivity contribution >= 4 is 23.2 Å². The van der Waals surface area contributed by atoms with Crippen LogP contribution in [0.1, 0.15) is 15.9 Å². The van der Waals surface area contributed by atoms with E-state index in [4.69, 9.17) is 21.6 Å². The molecular weight excluding hydrogens is 348 g/mol. The van der Waals surface area contributed by atoms with Gasteiger partial charge in [-0.3, -0.25) is 14.9 Å². The number of nitriles is 1. The van der Waals surface area contributed by atoms with Crippen molar-refractivity contribution in [3.05, 3.63) is 62.8 Å². The van der Waals surface area contributed by atoms with Gasteiger partial charge in [0.25, 0.3) is 11.6 Å². The second-order valence-electron chi connectivity index (χ2n) is 5.34. The van der Waals surface area contributed by atoms with Crippen LogP contribution < -0.4 is 4.74 Å². The third-order valence-electron chi connectivity index (χ3n) is 3.69. The van der Waals surface area contributed by atoms with Crippen molar-refractivity contribution in [1.29, 1.82) is 5.26 Å². The highest BCUT2D eigenvalue weighted by molar-refractivity contribution is 6.31. The molecular formula is C16H11ClN4O4. The molecule has 8 nitrogen and oxygen atoms in total. The zero-order chi connectivity index (χ0) is 18.0. The van der Waals surface area contributed by atoms with E-state index in [0.717, 1.165) is 0 Å². The van der Waals surface area contributed by atoms with Crippen molar-refractivity contribution in [2.24, 2.45) is 0 Å². The minimum absolute atomic E-state index is 0.0634. The standard InChI is InChI=1S/C16H11ClN4O4/c17-11-3-4-14(21(23)24)13(6-11)16(22)20-8-12(9-20)25-15-10(7-18)2-1-5-19-15/h1-6,12H,8-9H2.